The van der Waals surface area contributed by atoms with Crippen molar-refractivity contribution in [2.45, 2.75) is 51.2 Å². The van der Waals surface area contributed by atoms with Gasteiger partial charge in [0.15, 0.2) is 0 Å². The van der Waals surface area contributed by atoms with Gasteiger partial charge in [-0.05, 0) is 31.7 Å². The fraction of sp³-hybridized carbons (Fsp3) is 1.00. The summed E-state index contributed by atoms with van der Waals surface area (Å²) >= 11 is 0. The van der Waals surface area contributed by atoms with E-state index in [9.17, 15) is 0 Å². The van der Waals surface area contributed by atoms with Crippen LogP contribution in [0.15, 0.2) is 0 Å². The molecule has 0 aromatic carbocycles. The van der Waals surface area contributed by atoms with Gasteiger partial charge in [0.2, 0.25) is 0 Å². The first-order valence-electron chi connectivity index (χ1n) is 5.52. The SMILES string of the molecule is CCC[SiH](CCN(C)C)C(C)(C)C. The Morgan fingerprint density at radius 2 is 1.62 bits per heavy atom. The fourth-order valence-corrected chi connectivity index (χ4v) is 5.32. The molecule has 0 amide bonds. The van der Waals surface area contributed by atoms with Gasteiger partial charge in [-0.2, -0.15) is 0 Å². The zero-order valence-electron chi connectivity index (χ0n) is 10.4. The molecule has 0 heterocycles. The fourth-order valence-electron chi connectivity index (χ4n) is 1.77. The highest BCUT2D eigenvalue weighted by atomic mass is 28.3. The van der Waals surface area contributed by atoms with E-state index >= 15 is 0 Å². The molecule has 0 aromatic rings. The predicted octanol–water partition coefficient (Wildman–Crippen LogP) is 2.99. The summed E-state index contributed by atoms with van der Waals surface area (Å²) in [5, 5.41) is 0.617. The van der Waals surface area contributed by atoms with Gasteiger partial charge in [-0.25, -0.2) is 0 Å². The average Bonchev–Trinajstić information content (AvgIpc) is 1.95. The zero-order valence-corrected chi connectivity index (χ0v) is 11.5. The summed E-state index contributed by atoms with van der Waals surface area (Å²) in [6, 6.07) is 2.99. The van der Waals surface area contributed by atoms with Crippen LogP contribution in [0.3, 0.4) is 0 Å². The number of hydrogen-bond donors (Lipinski definition) is 0. The highest BCUT2D eigenvalue weighted by Crippen LogP contribution is 2.32. The Kier molecular flexibility index (Phi) is 5.89. The molecule has 0 bridgehead atoms. The lowest BCUT2D eigenvalue weighted by Crippen LogP contribution is -2.29. The van der Waals surface area contributed by atoms with E-state index < -0.39 is 8.80 Å². The molecule has 0 saturated heterocycles. The third kappa shape index (κ3) is 6.27. The van der Waals surface area contributed by atoms with E-state index in [1.807, 2.05) is 0 Å². The average molecular weight is 201 g/mol. The molecule has 2 heteroatoms. The van der Waals surface area contributed by atoms with Crippen molar-refractivity contribution in [2.75, 3.05) is 20.6 Å². The minimum Gasteiger partial charge on any atom is -0.310 e. The van der Waals surface area contributed by atoms with Crippen LogP contribution in [0.4, 0.5) is 0 Å². The third-order valence-electron chi connectivity index (χ3n) is 2.79. The van der Waals surface area contributed by atoms with Crippen molar-refractivity contribution in [3.8, 4) is 0 Å². The summed E-state index contributed by atoms with van der Waals surface area (Å²) in [6.07, 6.45) is 1.38. The van der Waals surface area contributed by atoms with Gasteiger partial charge in [0.1, 0.15) is 0 Å². The lowest BCUT2D eigenvalue weighted by atomic mass is 10.2. The maximum atomic E-state index is 2.43. The second kappa shape index (κ2) is 5.81. The van der Waals surface area contributed by atoms with Gasteiger partial charge in [0.05, 0.1) is 0 Å². The Balaban J connectivity index is 3.95. The molecule has 80 valence electrons. The summed E-state index contributed by atoms with van der Waals surface area (Å²) in [6.45, 7) is 10.9. The van der Waals surface area contributed by atoms with Crippen LogP contribution in [0.1, 0.15) is 34.1 Å². The smallest absolute Gasteiger partial charge is 0.0435 e. The molecular weight excluding hydrogens is 174 g/mol. The number of hydrogen-bond acceptors (Lipinski definition) is 1. The van der Waals surface area contributed by atoms with E-state index in [1.54, 1.807) is 0 Å². The molecule has 0 radical (unpaired) electrons. The highest BCUT2D eigenvalue weighted by molar-refractivity contribution is 6.62. The quantitative estimate of drug-likeness (QED) is 0.618. The van der Waals surface area contributed by atoms with Crippen molar-refractivity contribution < 1.29 is 0 Å². The molecule has 0 fully saturated rings. The van der Waals surface area contributed by atoms with Crippen LogP contribution in [0, 0.1) is 0 Å². The van der Waals surface area contributed by atoms with E-state index in [0.717, 1.165) is 0 Å². The van der Waals surface area contributed by atoms with E-state index in [-0.39, 0.29) is 0 Å². The van der Waals surface area contributed by atoms with Gasteiger partial charge in [0.25, 0.3) is 0 Å². The summed E-state index contributed by atoms with van der Waals surface area (Å²) in [4.78, 5) is 2.32. The van der Waals surface area contributed by atoms with Crippen LogP contribution >= 0.6 is 0 Å². The number of nitrogens with zero attached hydrogens (tertiary/aromatic N) is 1. The molecule has 1 atom stereocenters. The topological polar surface area (TPSA) is 3.24 Å². The molecule has 0 aliphatic rings. The maximum absolute atomic E-state index is 2.43. The van der Waals surface area contributed by atoms with Gasteiger partial charge in [0, 0.05) is 8.80 Å². The molecule has 0 saturated carbocycles. The van der Waals surface area contributed by atoms with E-state index in [4.69, 9.17) is 0 Å². The van der Waals surface area contributed by atoms with Crippen molar-refractivity contribution in [3.63, 3.8) is 0 Å². The maximum Gasteiger partial charge on any atom is 0.0435 e. The molecule has 0 aromatic heterocycles. The van der Waals surface area contributed by atoms with Crippen molar-refractivity contribution in [3.05, 3.63) is 0 Å². The number of rotatable bonds is 5. The van der Waals surface area contributed by atoms with Gasteiger partial charge >= 0.3 is 0 Å². The van der Waals surface area contributed by atoms with Crippen LogP contribution in [0.2, 0.25) is 17.1 Å². The van der Waals surface area contributed by atoms with Crippen molar-refractivity contribution in [2.24, 2.45) is 0 Å². The lowest BCUT2D eigenvalue weighted by molar-refractivity contribution is 0.430. The van der Waals surface area contributed by atoms with Crippen LogP contribution in [-0.4, -0.2) is 34.3 Å². The van der Waals surface area contributed by atoms with Crippen molar-refractivity contribution >= 4 is 8.80 Å². The van der Waals surface area contributed by atoms with Gasteiger partial charge in [-0.3, -0.25) is 0 Å². The molecular formula is C11H27NSi. The Morgan fingerprint density at radius 1 is 1.08 bits per heavy atom. The molecule has 0 aliphatic carbocycles. The van der Waals surface area contributed by atoms with Crippen molar-refractivity contribution in [1.82, 2.24) is 4.90 Å². The first-order chi connectivity index (χ1) is 5.88. The van der Waals surface area contributed by atoms with E-state index in [0.29, 0.717) is 5.04 Å². The van der Waals surface area contributed by atoms with E-state index in [2.05, 4.69) is 46.7 Å². The van der Waals surface area contributed by atoms with Crippen molar-refractivity contribution in [1.29, 1.82) is 0 Å². The largest absolute Gasteiger partial charge is 0.310 e. The lowest BCUT2D eigenvalue weighted by Gasteiger charge is -2.30. The summed E-state index contributed by atoms with van der Waals surface area (Å²) < 4.78 is 0. The second-order valence-corrected chi connectivity index (χ2v) is 9.72. The minimum absolute atomic E-state index is 0.520. The molecule has 0 aliphatic heterocycles. The van der Waals surface area contributed by atoms with E-state index in [1.165, 1.54) is 25.1 Å². The first kappa shape index (κ1) is 13.2. The zero-order chi connectivity index (χ0) is 10.5. The van der Waals surface area contributed by atoms with Crippen LogP contribution in [0.25, 0.3) is 0 Å². The highest BCUT2D eigenvalue weighted by Gasteiger charge is 2.24. The van der Waals surface area contributed by atoms with Crippen LogP contribution < -0.4 is 0 Å². The molecule has 0 rings (SSSR count). The minimum atomic E-state index is -0.520. The van der Waals surface area contributed by atoms with Crippen LogP contribution in [0.5, 0.6) is 0 Å². The Labute approximate surface area is 86.1 Å². The van der Waals surface area contributed by atoms with Gasteiger partial charge in [-0.1, -0.05) is 40.2 Å². The Bertz CT molecular complexity index is 127. The molecule has 0 N–H and O–H groups in total. The summed E-state index contributed by atoms with van der Waals surface area (Å²) in [5.74, 6) is 0. The molecule has 0 spiro atoms. The summed E-state index contributed by atoms with van der Waals surface area (Å²) in [7, 11) is 3.84. The summed E-state index contributed by atoms with van der Waals surface area (Å²) in [5.41, 5.74) is 0. The molecule has 1 nitrogen and oxygen atoms in total. The standard InChI is InChI=1S/C11H27NSi/c1-7-9-13(11(2,3)4)10-8-12(5)6/h13H,7-10H2,1-6H3. The molecule has 13 heavy (non-hydrogen) atoms. The Morgan fingerprint density at radius 3 is 1.92 bits per heavy atom. The normalized spacial score (nSPS) is 15.0. The molecule has 1 unspecified atom stereocenters. The van der Waals surface area contributed by atoms with Crippen LogP contribution in [-0.2, 0) is 0 Å². The van der Waals surface area contributed by atoms with Gasteiger partial charge < -0.3 is 4.90 Å². The predicted molar refractivity (Wildman–Crippen MR) is 65.3 cm³/mol. The third-order valence-corrected chi connectivity index (χ3v) is 7.47. The first-order valence-corrected chi connectivity index (χ1v) is 7.73. The Hall–Kier alpha value is 0.177. The second-order valence-electron chi connectivity index (χ2n) is 5.44. The van der Waals surface area contributed by atoms with Gasteiger partial charge in [-0.15, -0.1) is 0 Å². The monoisotopic (exact) mass is 201 g/mol.